The summed E-state index contributed by atoms with van der Waals surface area (Å²) in [6.07, 6.45) is 11.3. The number of hydrogen-bond acceptors (Lipinski definition) is 6. The van der Waals surface area contributed by atoms with Crippen molar-refractivity contribution in [3.8, 4) is 17.3 Å². The molecule has 1 saturated carbocycles. The molecular weight excluding hydrogens is 444 g/mol. The van der Waals surface area contributed by atoms with Gasteiger partial charge in [-0.1, -0.05) is 0 Å². The third kappa shape index (κ3) is 4.46. The maximum atomic E-state index is 12.2. The van der Waals surface area contributed by atoms with Crippen LogP contribution in [-0.4, -0.2) is 55.6 Å². The average Bonchev–Trinajstić information content (AvgIpc) is 3.47. The van der Waals surface area contributed by atoms with Crippen molar-refractivity contribution in [3.63, 3.8) is 0 Å². The maximum Gasteiger partial charge on any atom is 0.252 e. The van der Waals surface area contributed by atoms with Gasteiger partial charge in [0, 0.05) is 49.5 Å². The van der Waals surface area contributed by atoms with Crippen molar-refractivity contribution in [1.82, 2.24) is 24.6 Å². The molecule has 2 aliphatic rings. The standard InChI is InChI=1S/C25H30N8O2/c1-32-15-16(13-29-32)20-12-18-22(19(23(27)35)14-28-24(18)31-20)30-17-2-5-25(6-3-17)7-10-33(11-8-25)21(34)4-9-26/h12-15,17H,2-8,10-11H2,1H3,(H2,27,35)(H2,28,30,31). The number of hydrogen-bond donors (Lipinski definition) is 3. The van der Waals surface area contributed by atoms with E-state index in [1.165, 1.54) is 6.20 Å². The minimum Gasteiger partial charge on any atom is -0.381 e. The fourth-order valence-corrected chi connectivity index (χ4v) is 5.62. The van der Waals surface area contributed by atoms with Gasteiger partial charge in [-0.25, -0.2) is 4.98 Å². The number of nitrogens with zero attached hydrogens (tertiary/aromatic N) is 5. The first-order chi connectivity index (χ1) is 16.9. The molecule has 10 nitrogen and oxygen atoms in total. The lowest BCUT2D eigenvalue weighted by Gasteiger charge is -2.46. The van der Waals surface area contributed by atoms with E-state index < -0.39 is 5.91 Å². The summed E-state index contributed by atoms with van der Waals surface area (Å²) in [7, 11) is 1.87. The molecule has 1 spiro atoms. The van der Waals surface area contributed by atoms with Gasteiger partial charge >= 0.3 is 0 Å². The molecule has 0 atom stereocenters. The topological polar surface area (TPSA) is 146 Å². The zero-order valence-electron chi connectivity index (χ0n) is 19.9. The van der Waals surface area contributed by atoms with Crippen molar-refractivity contribution >= 4 is 28.5 Å². The Morgan fingerprint density at radius 1 is 1.26 bits per heavy atom. The SMILES string of the molecule is Cn1cc(-c2cc3c(NC4CCC5(CC4)CCN(C(=O)CC#N)CC5)c(C(N)=O)cnc3[nH]2)cn1. The molecule has 182 valence electrons. The molecule has 0 radical (unpaired) electrons. The van der Waals surface area contributed by atoms with E-state index in [1.807, 2.05) is 30.3 Å². The van der Waals surface area contributed by atoms with E-state index >= 15 is 0 Å². The number of anilines is 1. The highest BCUT2D eigenvalue weighted by molar-refractivity contribution is 6.07. The van der Waals surface area contributed by atoms with E-state index in [4.69, 9.17) is 11.0 Å². The zero-order chi connectivity index (χ0) is 24.6. The van der Waals surface area contributed by atoms with Crippen LogP contribution >= 0.6 is 0 Å². The zero-order valence-corrected chi connectivity index (χ0v) is 19.9. The van der Waals surface area contributed by atoms with Crippen LogP contribution in [0.3, 0.4) is 0 Å². The first-order valence-electron chi connectivity index (χ1n) is 12.1. The number of piperidine rings is 1. The molecule has 1 aliphatic heterocycles. The fourth-order valence-electron chi connectivity index (χ4n) is 5.62. The van der Waals surface area contributed by atoms with Crippen LogP contribution in [0.5, 0.6) is 0 Å². The van der Waals surface area contributed by atoms with Crippen LogP contribution in [0.4, 0.5) is 5.69 Å². The number of carbonyl (C=O) groups is 2. The molecule has 1 saturated heterocycles. The summed E-state index contributed by atoms with van der Waals surface area (Å²) in [5.74, 6) is -0.566. The van der Waals surface area contributed by atoms with Crippen LogP contribution in [0.25, 0.3) is 22.3 Å². The van der Waals surface area contributed by atoms with Crippen LogP contribution in [0.2, 0.25) is 0 Å². The molecule has 3 aromatic heterocycles. The van der Waals surface area contributed by atoms with Gasteiger partial charge in [0.05, 0.1) is 29.2 Å². The van der Waals surface area contributed by atoms with Gasteiger partial charge < -0.3 is 20.9 Å². The Morgan fingerprint density at radius 3 is 2.63 bits per heavy atom. The Hall–Kier alpha value is -3.87. The normalized spacial score (nSPS) is 18.0. The molecule has 10 heteroatoms. The number of aromatic nitrogens is 4. The summed E-state index contributed by atoms with van der Waals surface area (Å²) < 4.78 is 1.74. The lowest BCUT2D eigenvalue weighted by Crippen LogP contribution is -2.45. The van der Waals surface area contributed by atoms with E-state index in [0.717, 1.165) is 73.9 Å². The van der Waals surface area contributed by atoms with Gasteiger partial charge in [-0.15, -0.1) is 0 Å². The number of primary amides is 1. The van der Waals surface area contributed by atoms with Crippen molar-refractivity contribution in [3.05, 3.63) is 30.2 Å². The number of carbonyl (C=O) groups excluding carboxylic acids is 2. The number of rotatable bonds is 5. The highest BCUT2D eigenvalue weighted by atomic mass is 16.2. The third-order valence-electron chi connectivity index (χ3n) is 7.74. The number of pyridine rings is 1. The maximum absolute atomic E-state index is 12.2. The summed E-state index contributed by atoms with van der Waals surface area (Å²) >= 11 is 0. The number of nitrogens with one attached hydrogen (secondary N) is 2. The van der Waals surface area contributed by atoms with Crippen LogP contribution in [0.1, 0.15) is 55.3 Å². The predicted molar refractivity (Wildman–Crippen MR) is 131 cm³/mol. The van der Waals surface area contributed by atoms with Crippen LogP contribution in [0, 0.1) is 16.7 Å². The highest BCUT2D eigenvalue weighted by Gasteiger charge is 2.39. The van der Waals surface area contributed by atoms with Gasteiger partial charge in [0.1, 0.15) is 12.1 Å². The van der Waals surface area contributed by atoms with Gasteiger partial charge in [0.2, 0.25) is 5.91 Å². The first kappa shape index (κ1) is 22.9. The average molecular weight is 475 g/mol. The smallest absolute Gasteiger partial charge is 0.252 e. The molecule has 0 bridgehead atoms. The van der Waals surface area contributed by atoms with Gasteiger partial charge in [0.25, 0.3) is 5.91 Å². The van der Waals surface area contributed by atoms with Crippen molar-refractivity contribution in [1.29, 1.82) is 5.26 Å². The van der Waals surface area contributed by atoms with Gasteiger partial charge in [-0.2, -0.15) is 10.4 Å². The van der Waals surface area contributed by atoms with Crippen LogP contribution in [0.15, 0.2) is 24.7 Å². The Balaban J connectivity index is 1.31. The van der Waals surface area contributed by atoms with E-state index in [-0.39, 0.29) is 23.8 Å². The molecule has 1 aliphatic carbocycles. The minimum absolute atomic E-state index is 0.0384. The van der Waals surface area contributed by atoms with E-state index in [1.54, 1.807) is 10.9 Å². The summed E-state index contributed by atoms with van der Waals surface area (Å²) in [5.41, 5.74) is 9.59. The highest BCUT2D eigenvalue weighted by Crippen LogP contribution is 2.45. The largest absolute Gasteiger partial charge is 0.381 e. The molecule has 0 unspecified atom stereocenters. The summed E-state index contributed by atoms with van der Waals surface area (Å²) in [6.45, 7) is 1.46. The Kier molecular flexibility index (Phi) is 5.93. The molecule has 4 heterocycles. The fraction of sp³-hybridized carbons (Fsp3) is 0.480. The molecule has 4 N–H and O–H groups in total. The van der Waals surface area contributed by atoms with E-state index in [0.29, 0.717) is 11.2 Å². The number of nitriles is 1. The number of H-pyrrole nitrogens is 1. The number of likely N-dealkylation sites (tertiary alicyclic amines) is 1. The van der Waals surface area contributed by atoms with Crippen molar-refractivity contribution in [2.75, 3.05) is 18.4 Å². The molecule has 0 aromatic carbocycles. The second-order valence-corrected chi connectivity index (χ2v) is 9.89. The summed E-state index contributed by atoms with van der Waals surface area (Å²) in [5, 5.41) is 17.5. The number of amides is 2. The lowest BCUT2D eigenvalue weighted by atomic mass is 9.67. The quantitative estimate of drug-likeness (QED) is 0.518. The number of aromatic amines is 1. The van der Waals surface area contributed by atoms with E-state index in [2.05, 4.69) is 20.4 Å². The lowest BCUT2D eigenvalue weighted by molar-refractivity contribution is -0.132. The first-order valence-corrected chi connectivity index (χ1v) is 12.1. The second-order valence-electron chi connectivity index (χ2n) is 9.89. The monoisotopic (exact) mass is 474 g/mol. The Labute approximate surface area is 203 Å². The van der Waals surface area contributed by atoms with Crippen LogP contribution < -0.4 is 11.1 Å². The number of aryl methyl sites for hydroxylation is 1. The van der Waals surface area contributed by atoms with Crippen molar-refractivity contribution < 1.29 is 9.59 Å². The van der Waals surface area contributed by atoms with Crippen LogP contribution in [-0.2, 0) is 11.8 Å². The minimum atomic E-state index is -0.507. The van der Waals surface area contributed by atoms with Crippen molar-refractivity contribution in [2.24, 2.45) is 18.2 Å². The third-order valence-corrected chi connectivity index (χ3v) is 7.74. The number of nitrogens with two attached hydrogens (primary N) is 1. The summed E-state index contributed by atoms with van der Waals surface area (Å²) in [6, 6.07) is 4.17. The molecule has 3 aromatic rings. The molecule has 35 heavy (non-hydrogen) atoms. The predicted octanol–water partition coefficient (Wildman–Crippen LogP) is 2.94. The Bertz CT molecular complexity index is 1300. The van der Waals surface area contributed by atoms with Gasteiger partial charge in [-0.3, -0.25) is 14.3 Å². The molecule has 5 rings (SSSR count). The second kappa shape index (κ2) is 9.06. The Morgan fingerprint density at radius 2 is 2.00 bits per heavy atom. The molecule has 2 amide bonds. The number of fused-ring (bicyclic) bond motifs is 1. The molecule has 2 fully saturated rings. The van der Waals surface area contributed by atoms with E-state index in [9.17, 15) is 9.59 Å². The summed E-state index contributed by atoms with van der Waals surface area (Å²) in [4.78, 5) is 33.9. The van der Waals surface area contributed by atoms with Crippen molar-refractivity contribution in [2.45, 2.75) is 51.0 Å². The van der Waals surface area contributed by atoms with Gasteiger partial charge in [-0.05, 0) is 50.0 Å². The van der Waals surface area contributed by atoms with Gasteiger partial charge in [0.15, 0.2) is 0 Å². The molecular formula is C25H30N8O2.